The molecule has 15 heteroatoms. The van der Waals surface area contributed by atoms with E-state index < -0.39 is 23.2 Å². The summed E-state index contributed by atoms with van der Waals surface area (Å²) in [7, 11) is -8.68. The van der Waals surface area contributed by atoms with Gasteiger partial charge in [0.05, 0.1) is 0 Å². The average molecular weight is 729 g/mol. The smallest absolute Gasteiger partial charge is 0.746 e. The Morgan fingerprint density at radius 2 is 0.706 bits per heavy atom. The zero-order chi connectivity index (χ0) is 14.0. The molecule has 0 N–H and O–H groups in total. The van der Waals surface area contributed by atoms with Crippen LogP contribution in [0.15, 0.2) is 0 Å². The summed E-state index contributed by atoms with van der Waals surface area (Å²) < 4.78 is 56.3. The van der Waals surface area contributed by atoms with Crippen molar-refractivity contribution in [3.05, 3.63) is 0 Å². The molecular weight excluding hydrogens is 729 g/mol. The Morgan fingerprint density at radius 1 is 0.647 bits per heavy atom. The molecule has 0 spiro atoms. The predicted molar refractivity (Wildman–Crippen MR) is 78.4 cm³/mol. The van der Waals surface area contributed by atoms with E-state index in [4.69, 9.17) is 0 Å². The maximum atomic E-state index is 9.96. The molecule has 0 aromatic heterocycles. The van der Waals surface area contributed by atoms with Crippen LogP contribution in [0.25, 0.3) is 0 Å². The van der Waals surface area contributed by atoms with Crippen molar-refractivity contribution in [1.29, 1.82) is 0 Å². The van der Waals surface area contributed by atoms with Crippen LogP contribution in [-0.2, 0) is 39.7 Å². The molecule has 0 heterocycles. The second-order valence-corrected chi connectivity index (χ2v) is 21.5. The molecule has 0 unspecified atom stereocenters. The summed E-state index contributed by atoms with van der Waals surface area (Å²) in [5.74, 6) is 0. The Bertz CT molecular complexity index is 374. The Labute approximate surface area is 161 Å². The maximum absolute atomic E-state index is 9.96. The number of halogens is 6. The molecule has 0 fully saturated rings. The molecule has 100 valence electrons. The third-order valence-corrected chi connectivity index (χ3v) is 8.84. The Hall–Kier alpha value is 3.32. The first kappa shape index (κ1) is 25.3. The first-order valence-corrected chi connectivity index (χ1v) is 10.1. The van der Waals surface area contributed by atoms with Crippen LogP contribution >= 0.6 is 95.6 Å². The van der Waals surface area contributed by atoms with E-state index >= 15 is 0 Å². The van der Waals surface area contributed by atoms with Crippen LogP contribution in [0.4, 0.5) is 0 Å². The van der Waals surface area contributed by atoms with Gasteiger partial charge in [0.2, 0.25) is 2.95 Å². The first-order valence-electron chi connectivity index (χ1n) is 2.54. The second kappa shape index (κ2) is 8.69. The van der Waals surface area contributed by atoms with Crippen molar-refractivity contribution in [2.24, 2.45) is 0 Å². The van der Waals surface area contributed by atoms with Crippen molar-refractivity contribution >= 4 is 116 Å². The van der Waals surface area contributed by atoms with Crippen molar-refractivity contribution in [3.8, 4) is 0 Å². The molecule has 0 saturated heterocycles. The quantitative estimate of drug-likeness (QED) is 0.216. The normalized spacial score (nSPS) is 13.2. The van der Waals surface area contributed by atoms with Crippen LogP contribution in [-0.4, -0.2) is 28.9 Å². The summed E-state index contributed by atoms with van der Waals surface area (Å²) in [6.45, 7) is 0. The van der Waals surface area contributed by atoms with E-state index in [9.17, 15) is 25.9 Å². The van der Waals surface area contributed by atoms with E-state index in [1.807, 2.05) is 0 Å². The largest absolute Gasteiger partial charge is 2.00 e. The van der Waals surface area contributed by atoms with Crippen molar-refractivity contribution in [3.63, 3.8) is 0 Å². The Balaban J connectivity index is -0.000000218. The fourth-order valence-electron chi connectivity index (χ4n) is 0. The van der Waals surface area contributed by atoms with Crippen LogP contribution in [0.3, 0.4) is 0 Å². The molecule has 0 bridgehead atoms. The summed E-state index contributed by atoms with van der Waals surface area (Å²) in [6, 6.07) is 0. The summed E-state index contributed by atoms with van der Waals surface area (Å²) in [4.78, 5) is 0. The molecule has 0 saturated carbocycles. The number of hydrogen-bond donors (Lipinski definition) is 0. The standard InChI is InChI=1S/2CHBr3O3S.Zn/c2*2-1(3,4)8(5,6)7;/h2*(H,5,6,7);/q;;+2/p-2. The topological polar surface area (TPSA) is 114 Å². The van der Waals surface area contributed by atoms with Gasteiger partial charge in [0.1, 0.15) is 20.2 Å². The molecule has 0 rings (SSSR count). The molecule has 0 aromatic rings. The van der Waals surface area contributed by atoms with Gasteiger partial charge in [-0.1, -0.05) is 0 Å². The summed E-state index contributed by atoms with van der Waals surface area (Å²) in [5.41, 5.74) is 0. The number of rotatable bonds is 0. The van der Waals surface area contributed by atoms with E-state index in [0.717, 1.165) is 0 Å². The van der Waals surface area contributed by atoms with Crippen LogP contribution in [0.5, 0.6) is 0 Å². The minimum Gasteiger partial charge on any atom is -0.746 e. The van der Waals surface area contributed by atoms with E-state index in [0.29, 0.717) is 0 Å². The van der Waals surface area contributed by atoms with Gasteiger partial charge in [0.25, 0.3) is 0 Å². The van der Waals surface area contributed by atoms with Gasteiger partial charge in [-0.15, -0.1) is 0 Å². The van der Waals surface area contributed by atoms with Crippen molar-refractivity contribution in [1.82, 2.24) is 0 Å². The third kappa shape index (κ3) is 12.8. The Kier molecular flexibility index (Phi) is 12.9. The minimum atomic E-state index is -4.34. The van der Waals surface area contributed by atoms with Gasteiger partial charge in [-0.3, -0.25) is 0 Å². The van der Waals surface area contributed by atoms with E-state index in [2.05, 4.69) is 95.6 Å². The molecule has 0 aliphatic carbocycles. The van der Waals surface area contributed by atoms with Gasteiger partial charge in [-0.25, -0.2) is 16.8 Å². The van der Waals surface area contributed by atoms with E-state index in [-0.39, 0.29) is 19.5 Å². The van der Waals surface area contributed by atoms with Gasteiger partial charge in [0, 0.05) is 0 Å². The van der Waals surface area contributed by atoms with Gasteiger partial charge in [-0.2, -0.15) is 0 Å². The van der Waals surface area contributed by atoms with Gasteiger partial charge in [-0.05, 0) is 95.6 Å². The molecule has 0 aromatic carbocycles. The van der Waals surface area contributed by atoms with Gasteiger partial charge < -0.3 is 9.11 Å². The fourth-order valence-corrected chi connectivity index (χ4v) is 0. The molecule has 17 heavy (non-hydrogen) atoms. The van der Waals surface area contributed by atoms with Crippen molar-refractivity contribution in [2.45, 2.75) is 2.95 Å². The van der Waals surface area contributed by atoms with Crippen LogP contribution < -0.4 is 0 Å². The second-order valence-electron chi connectivity index (χ2n) is 1.80. The zero-order valence-corrected chi connectivity index (χ0v) is 21.4. The molecule has 0 radical (unpaired) electrons. The minimum absolute atomic E-state index is 0. The number of alkyl halides is 6. The average Bonchev–Trinajstić information content (AvgIpc) is 1.77. The molecule has 0 aliphatic heterocycles. The van der Waals surface area contributed by atoms with Crippen LogP contribution in [0.1, 0.15) is 0 Å². The molecule has 0 amide bonds. The molecule has 0 aliphatic rings. The van der Waals surface area contributed by atoms with E-state index in [1.165, 1.54) is 0 Å². The van der Waals surface area contributed by atoms with Gasteiger partial charge >= 0.3 is 19.5 Å². The third-order valence-electron chi connectivity index (χ3n) is 0.567. The summed E-state index contributed by atoms with van der Waals surface area (Å²) in [5, 5.41) is 0. The van der Waals surface area contributed by atoms with Crippen molar-refractivity contribution in [2.75, 3.05) is 0 Å². The predicted octanol–water partition coefficient (Wildman–Crippen LogP) is 2.65. The van der Waals surface area contributed by atoms with E-state index in [1.54, 1.807) is 0 Å². The molecular formula is C2Br6O6S2Zn. The van der Waals surface area contributed by atoms with Crippen LogP contribution in [0, 0.1) is 0 Å². The van der Waals surface area contributed by atoms with Gasteiger partial charge in [0.15, 0.2) is 0 Å². The monoisotopic (exact) mass is 721 g/mol. The number of hydrogen-bond acceptors (Lipinski definition) is 6. The van der Waals surface area contributed by atoms with Crippen molar-refractivity contribution < 1.29 is 45.4 Å². The SMILES string of the molecule is O=S(=O)([O-])C(Br)(Br)Br.O=S(=O)([O-])C(Br)(Br)Br.[Zn+2]. The zero-order valence-electron chi connectivity index (χ0n) is 7.24. The van der Waals surface area contributed by atoms with Crippen LogP contribution in [0.2, 0.25) is 0 Å². The fraction of sp³-hybridized carbons (Fsp3) is 1.00. The molecule has 0 atom stereocenters. The summed E-state index contributed by atoms with van der Waals surface area (Å²) in [6.07, 6.45) is 0. The Morgan fingerprint density at radius 3 is 0.706 bits per heavy atom. The maximum Gasteiger partial charge on any atom is 2.00 e. The molecule has 6 nitrogen and oxygen atoms in total. The summed E-state index contributed by atoms with van der Waals surface area (Å²) >= 11 is 15.2. The first-order chi connectivity index (χ1) is 6.50.